The smallest absolute Gasteiger partial charge is 0.312 e. The molecule has 5 heteroatoms. The van der Waals surface area contributed by atoms with E-state index >= 15 is 0 Å². The fourth-order valence-corrected chi connectivity index (χ4v) is 3.51. The SMILES string of the molecule is Cc1ncsc1CN1Cc2ccccc2C(C(=O)O)C1. The van der Waals surface area contributed by atoms with Crippen molar-refractivity contribution in [2.45, 2.75) is 25.9 Å². The van der Waals surface area contributed by atoms with Crippen LogP contribution in [0.2, 0.25) is 0 Å². The van der Waals surface area contributed by atoms with Crippen LogP contribution >= 0.6 is 11.3 Å². The normalized spacial score (nSPS) is 18.8. The summed E-state index contributed by atoms with van der Waals surface area (Å²) >= 11 is 1.63. The van der Waals surface area contributed by atoms with E-state index in [0.29, 0.717) is 6.54 Å². The summed E-state index contributed by atoms with van der Waals surface area (Å²) in [5, 5.41) is 9.45. The zero-order chi connectivity index (χ0) is 14.1. The van der Waals surface area contributed by atoms with Crippen LogP contribution in [0.3, 0.4) is 0 Å². The first-order chi connectivity index (χ1) is 9.65. The van der Waals surface area contributed by atoms with Gasteiger partial charge < -0.3 is 5.11 Å². The van der Waals surface area contributed by atoms with Crippen LogP contribution in [0.5, 0.6) is 0 Å². The molecule has 0 bridgehead atoms. The van der Waals surface area contributed by atoms with Gasteiger partial charge in [0, 0.05) is 24.5 Å². The summed E-state index contributed by atoms with van der Waals surface area (Å²) in [6, 6.07) is 7.84. The summed E-state index contributed by atoms with van der Waals surface area (Å²) in [4.78, 5) is 19.2. The third-order valence-electron chi connectivity index (χ3n) is 3.78. The number of carboxylic acid groups (broad SMARTS) is 1. The summed E-state index contributed by atoms with van der Waals surface area (Å²) in [5.41, 5.74) is 4.96. The van der Waals surface area contributed by atoms with Crippen molar-refractivity contribution in [2.24, 2.45) is 0 Å². The van der Waals surface area contributed by atoms with E-state index in [-0.39, 0.29) is 0 Å². The first kappa shape index (κ1) is 13.3. The van der Waals surface area contributed by atoms with Gasteiger partial charge in [-0.15, -0.1) is 11.3 Å². The van der Waals surface area contributed by atoms with E-state index in [0.717, 1.165) is 29.9 Å². The predicted octanol–water partition coefficient (Wildman–Crippen LogP) is 2.64. The van der Waals surface area contributed by atoms with Gasteiger partial charge in [-0.25, -0.2) is 4.98 Å². The number of aliphatic carboxylic acids is 1. The quantitative estimate of drug-likeness (QED) is 0.943. The number of fused-ring (bicyclic) bond motifs is 1. The Morgan fingerprint density at radius 1 is 1.50 bits per heavy atom. The van der Waals surface area contributed by atoms with Gasteiger partial charge >= 0.3 is 5.97 Å². The molecule has 1 atom stereocenters. The molecule has 0 saturated heterocycles. The Bertz CT molecular complexity index is 638. The fourth-order valence-electron chi connectivity index (χ4n) is 2.69. The number of rotatable bonds is 3. The van der Waals surface area contributed by atoms with Crippen LogP contribution < -0.4 is 0 Å². The maximum atomic E-state index is 11.5. The molecule has 0 aliphatic carbocycles. The first-order valence-corrected chi connectivity index (χ1v) is 7.45. The lowest BCUT2D eigenvalue weighted by molar-refractivity contribution is -0.139. The number of nitrogens with zero attached hydrogens (tertiary/aromatic N) is 2. The minimum absolute atomic E-state index is 0.437. The minimum Gasteiger partial charge on any atom is -0.481 e. The minimum atomic E-state index is -0.747. The third-order valence-corrected chi connectivity index (χ3v) is 4.70. The highest BCUT2D eigenvalue weighted by Gasteiger charge is 2.30. The third kappa shape index (κ3) is 2.46. The number of aromatic nitrogens is 1. The van der Waals surface area contributed by atoms with Crippen molar-refractivity contribution in [1.82, 2.24) is 9.88 Å². The van der Waals surface area contributed by atoms with Crippen LogP contribution in [0.4, 0.5) is 0 Å². The molecule has 0 amide bonds. The van der Waals surface area contributed by atoms with E-state index in [2.05, 4.69) is 9.88 Å². The molecule has 104 valence electrons. The second kappa shape index (κ2) is 5.34. The average molecular weight is 288 g/mol. The van der Waals surface area contributed by atoms with Gasteiger partial charge in [-0.2, -0.15) is 0 Å². The van der Waals surface area contributed by atoms with E-state index in [1.807, 2.05) is 36.7 Å². The molecule has 1 unspecified atom stereocenters. The Labute approximate surface area is 121 Å². The van der Waals surface area contributed by atoms with Crippen molar-refractivity contribution in [3.63, 3.8) is 0 Å². The zero-order valence-corrected chi connectivity index (χ0v) is 12.1. The topological polar surface area (TPSA) is 53.4 Å². The van der Waals surface area contributed by atoms with E-state index in [9.17, 15) is 9.90 Å². The lowest BCUT2D eigenvalue weighted by Gasteiger charge is -2.32. The summed E-state index contributed by atoms with van der Waals surface area (Å²) in [5.74, 6) is -1.18. The molecule has 1 aromatic carbocycles. The molecule has 0 fully saturated rings. The number of carboxylic acids is 1. The molecule has 1 N–H and O–H groups in total. The second-order valence-corrected chi connectivity index (χ2v) is 6.06. The summed E-state index contributed by atoms with van der Waals surface area (Å²) in [6.45, 7) is 4.13. The van der Waals surface area contributed by atoms with Crippen LogP contribution in [0.1, 0.15) is 27.6 Å². The van der Waals surface area contributed by atoms with Crippen LogP contribution in [0.25, 0.3) is 0 Å². The Hall–Kier alpha value is -1.72. The Morgan fingerprint density at radius 2 is 2.30 bits per heavy atom. The molecule has 1 aliphatic heterocycles. The molecular formula is C15H16N2O2S. The molecule has 0 saturated carbocycles. The Balaban J connectivity index is 1.86. The fraction of sp³-hybridized carbons (Fsp3) is 0.333. The van der Waals surface area contributed by atoms with Crippen molar-refractivity contribution in [1.29, 1.82) is 0 Å². The molecule has 20 heavy (non-hydrogen) atoms. The number of hydrogen-bond acceptors (Lipinski definition) is 4. The molecule has 2 aromatic rings. The molecule has 4 nitrogen and oxygen atoms in total. The van der Waals surface area contributed by atoms with Gasteiger partial charge in [-0.05, 0) is 18.1 Å². The zero-order valence-electron chi connectivity index (χ0n) is 11.2. The Morgan fingerprint density at radius 3 is 3.00 bits per heavy atom. The summed E-state index contributed by atoms with van der Waals surface area (Å²) < 4.78 is 0. The number of carbonyl (C=O) groups is 1. The monoisotopic (exact) mass is 288 g/mol. The van der Waals surface area contributed by atoms with E-state index < -0.39 is 11.9 Å². The molecule has 3 rings (SSSR count). The van der Waals surface area contributed by atoms with Crippen molar-refractivity contribution in [3.8, 4) is 0 Å². The number of hydrogen-bond donors (Lipinski definition) is 1. The first-order valence-electron chi connectivity index (χ1n) is 6.57. The van der Waals surface area contributed by atoms with Crippen molar-refractivity contribution in [2.75, 3.05) is 6.54 Å². The van der Waals surface area contributed by atoms with Crippen LogP contribution in [0, 0.1) is 6.92 Å². The van der Waals surface area contributed by atoms with Gasteiger partial charge in [0.1, 0.15) is 0 Å². The Kier molecular flexibility index (Phi) is 3.54. The van der Waals surface area contributed by atoms with E-state index in [1.54, 1.807) is 11.3 Å². The average Bonchev–Trinajstić information content (AvgIpc) is 2.83. The number of aryl methyl sites for hydroxylation is 1. The highest BCUT2D eigenvalue weighted by molar-refractivity contribution is 7.09. The number of thiazole rings is 1. The van der Waals surface area contributed by atoms with Gasteiger partial charge in [-0.3, -0.25) is 9.69 Å². The van der Waals surface area contributed by atoms with Crippen molar-refractivity contribution in [3.05, 3.63) is 51.5 Å². The molecule has 0 radical (unpaired) electrons. The second-order valence-electron chi connectivity index (χ2n) is 5.12. The summed E-state index contributed by atoms with van der Waals surface area (Å²) in [6.07, 6.45) is 0. The molecule has 2 heterocycles. The van der Waals surface area contributed by atoms with Gasteiger partial charge in [0.05, 0.1) is 17.1 Å². The lowest BCUT2D eigenvalue weighted by atomic mass is 9.90. The molecule has 1 aliphatic rings. The standard InChI is InChI=1S/C15H16N2O2S/c1-10-14(20-9-16-10)8-17-6-11-4-2-3-5-12(11)13(7-17)15(18)19/h2-5,9,13H,6-8H2,1H3,(H,18,19). The molecule has 0 spiro atoms. The van der Waals surface area contributed by atoms with Gasteiger partial charge in [0.2, 0.25) is 0 Å². The molecular weight excluding hydrogens is 272 g/mol. The van der Waals surface area contributed by atoms with E-state index in [4.69, 9.17) is 0 Å². The van der Waals surface area contributed by atoms with Crippen molar-refractivity contribution < 1.29 is 9.90 Å². The molecule has 1 aromatic heterocycles. The predicted molar refractivity (Wildman–Crippen MR) is 77.8 cm³/mol. The number of benzene rings is 1. The lowest BCUT2D eigenvalue weighted by Crippen LogP contribution is -2.36. The van der Waals surface area contributed by atoms with Crippen LogP contribution in [-0.4, -0.2) is 27.5 Å². The van der Waals surface area contributed by atoms with Gasteiger partial charge in [0.15, 0.2) is 0 Å². The summed E-state index contributed by atoms with van der Waals surface area (Å²) in [7, 11) is 0. The van der Waals surface area contributed by atoms with Crippen LogP contribution in [0.15, 0.2) is 29.8 Å². The van der Waals surface area contributed by atoms with Gasteiger partial charge in [0.25, 0.3) is 0 Å². The highest BCUT2D eigenvalue weighted by Crippen LogP contribution is 2.30. The maximum absolute atomic E-state index is 11.5. The highest BCUT2D eigenvalue weighted by atomic mass is 32.1. The van der Waals surface area contributed by atoms with Crippen molar-refractivity contribution >= 4 is 17.3 Å². The van der Waals surface area contributed by atoms with Crippen LogP contribution in [-0.2, 0) is 17.9 Å². The van der Waals surface area contributed by atoms with E-state index in [1.165, 1.54) is 4.88 Å². The largest absolute Gasteiger partial charge is 0.481 e. The maximum Gasteiger partial charge on any atom is 0.312 e. The van der Waals surface area contributed by atoms with Gasteiger partial charge in [-0.1, -0.05) is 24.3 Å².